The van der Waals surface area contributed by atoms with Gasteiger partial charge in [-0.15, -0.1) is 0 Å². The molecule has 0 saturated heterocycles. The first-order valence-electron chi connectivity index (χ1n) is 6.01. The lowest BCUT2D eigenvalue weighted by molar-refractivity contribution is 0.279. The number of methoxy groups -OCH3 is 2. The van der Waals surface area contributed by atoms with E-state index in [-0.39, 0.29) is 12.6 Å². The van der Waals surface area contributed by atoms with Gasteiger partial charge in [-0.25, -0.2) is 4.98 Å². The van der Waals surface area contributed by atoms with Gasteiger partial charge in [-0.3, -0.25) is 0 Å². The molecular formula is C14H16N2O4. The highest BCUT2D eigenvalue weighted by Gasteiger charge is 2.14. The Morgan fingerprint density at radius 3 is 2.30 bits per heavy atom. The summed E-state index contributed by atoms with van der Waals surface area (Å²) < 4.78 is 16.1. The lowest BCUT2D eigenvalue weighted by atomic mass is 10.2. The van der Waals surface area contributed by atoms with Crippen molar-refractivity contribution in [2.24, 2.45) is 0 Å². The second kappa shape index (κ2) is 6.21. The number of hydrogen-bond donors (Lipinski definition) is 1. The molecule has 0 fully saturated rings. The molecule has 2 rings (SSSR count). The summed E-state index contributed by atoms with van der Waals surface area (Å²) in [6.07, 6.45) is 1.53. The van der Waals surface area contributed by atoms with Crippen LogP contribution >= 0.6 is 0 Å². The van der Waals surface area contributed by atoms with E-state index in [4.69, 9.17) is 19.3 Å². The summed E-state index contributed by atoms with van der Waals surface area (Å²) in [6, 6.07) is 5.48. The van der Waals surface area contributed by atoms with Crippen molar-refractivity contribution in [2.75, 3.05) is 14.2 Å². The number of rotatable bonds is 5. The fourth-order valence-electron chi connectivity index (χ4n) is 1.68. The van der Waals surface area contributed by atoms with Gasteiger partial charge in [-0.1, -0.05) is 6.07 Å². The van der Waals surface area contributed by atoms with Gasteiger partial charge in [-0.05, 0) is 19.1 Å². The maximum absolute atomic E-state index is 9.10. The first kappa shape index (κ1) is 14.1. The molecule has 20 heavy (non-hydrogen) atoms. The number of nitrogens with zero attached hydrogens (tertiary/aromatic N) is 2. The van der Waals surface area contributed by atoms with Crippen LogP contribution in [0.1, 0.15) is 11.3 Å². The molecule has 1 heterocycles. The third-order valence-electron chi connectivity index (χ3n) is 2.81. The molecule has 0 saturated carbocycles. The average molecular weight is 276 g/mol. The Morgan fingerprint density at radius 2 is 1.80 bits per heavy atom. The molecule has 0 radical (unpaired) electrons. The quantitative estimate of drug-likeness (QED) is 0.901. The molecule has 1 N–H and O–H groups in total. The summed E-state index contributed by atoms with van der Waals surface area (Å²) in [6.45, 7) is 1.67. The molecule has 0 amide bonds. The summed E-state index contributed by atoms with van der Waals surface area (Å²) in [5.41, 5.74) is 1.32. The summed E-state index contributed by atoms with van der Waals surface area (Å²) in [5.74, 6) is 1.46. The lowest BCUT2D eigenvalue weighted by Gasteiger charge is -2.13. The van der Waals surface area contributed by atoms with Crippen molar-refractivity contribution in [2.45, 2.75) is 13.5 Å². The first-order chi connectivity index (χ1) is 9.69. The average Bonchev–Trinajstić information content (AvgIpc) is 2.47. The maximum Gasteiger partial charge on any atom is 0.322 e. The minimum Gasteiger partial charge on any atom is -0.493 e. The van der Waals surface area contributed by atoms with E-state index in [2.05, 4.69) is 9.97 Å². The fraction of sp³-hybridized carbons (Fsp3) is 0.286. The highest BCUT2D eigenvalue weighted by Crippen LogP contribution is 2.38. The van der Waals surface area contributed by atoms with E-state index in [1.54, 1.807) is 39.3 Å². The van der Waals surface area contributed by atoms with Crippen LogP contribution in [0.25, 0.3) is 0 Å². The van der Waals surface area contributed by atoms with E-state index < -0.39 is 0 Å². The highest BCUT2D eigenvalue weighted by atomic mass is 16.5. The minimum atomic E-state index is -0.107. The first-order valence-corrected chi connectivity index (χ1v) is 6.01. The Morgan fingerprint density at radius 1 is 1.15 bits per heavy atom. The van der Waals surface area contributed by atoms with Crippen molar-refractivity contribution < 1.29 is 19.3 Å². The van der Waals surface area contributed by atoms with Crippen LogP contribution in [0, 0.1) is 6.92 Å². The van der Waals surface area contributed by atoms with Gasteiger partial charge in [0.25, 0.3) is 0 Å². The van der Waals surface area contributed by atoms with Crippen molar-refractivity contribution in [1.29, 1.82) is 0 Å². The molecule has 1 aromatic heterocycles. The van der Waals surface area contributed by atoms with Crippen molar-refractivity contribution in [3.8, 4) is 23.3 Å². The maximum atomic E-state index is 9.10. The lowest BCUT2D eigenvalue weighted by Crippen LogP contribution is -2.00. The minimum absolute atomic E-state index is 0.107. The van der Waals surface area contributed by atoms with E-state index >= 15 is 0 Å². The van der Waals surface area contributed by atoms with Crippen LogP contribution < -0.4 is 14.2 Å². The Bertz CT molecular complexity index is 579. The summed E-state index contributed by atoms with van der Waals surface area (Å²) in [4.78, 5) is 8.24. The van der Waals surface area contributed by atoms with E-state index in [1.165, 1.54) is 6.20 Å². The highest BCUT2D eigenvalue weighted by molar-refractivity contribution is 5.52. The van der Waals surface area contributed by atoms with Crippen LogP contribution in [0.5, 0.6) is 23.3 Å². The number of aliphatic hydroxyl groups is 1. The van der Waals surface area contributed by atoms with Gasteiger partial charge in [0.05, 0.1) is 26.5 Å². The largest absolute Gasteiger partial charge is 0.493 e. The van der Waals surface area contributed by atoms with Gasteiger partial charge in [0, 0.05) is 11.8 Å². The predicted octanol–water partition coefficient (Wildman–Crippen LogP) is 2.09. The number of aryl methyl sites for hydroxylation is 1. The van der Waals surface area contributed by atoms with E-state index in [9.17, 15) is 0 Å². The SMILES string of the molecule is COc1cccc(OC)c1Oc1ncc(CO)c(C)n1. The molecule has 6 nitrogen and oxygen atoms in total. The Hall–Kier alpha value is -2.34. The van der Waals surface area contributed by atoms with Gasteiger partial charge >= 0.3 is 6.01 Å². The van der Waals surface area contributed by atoms with Crippen LogP contribution in [0.2, 0.25) is 0 Å². The van der Waals surface area contributed by atoms with E-state index in [1.807, 2.05) is 0 Å². The van der Waals surface area contributed by atoms with E-state index in [0.29, 0.717) is 28.5 Å². The zero-order valence-corrected chi connectivity index (χ0v) is 11.6. The third-order valence-corrected chi connectivity index (χ3v) is 2.81. The molecule has 106 valence electrons. The van der Waals surface area contributed by atoms with Crippen molar-refractivity contribution in [3.63, 3.8) is 0 Å². The summed E-state index contributed by atoms with van der Waals surface area (Å²) >= 11 is 0. The van der Waals surface area contributed by atoms with Gasteiger partial charge < -0.3 is 19.3 Å². The molecule has 0 aliphatic heterocycles. The van der Waals surface area contributed by atoms with Gasteiger partial charge in [-0.2, -0.15) is 4.98 Å². The van der Waals surface area contributed by atoms with Crippen molar-refractivity contribution in [1.82, 2.24) is 9.97 Å². The van der Waals surface area contributed by atoms with Crippen molar-refractivity contribution in [3.05, 3.63) is 35.7 Å². The van der Waals surface area contributed by atoms with Gasteiger partial charge in [0.2, 0.25) is 5.75 Å². The Labute approximate surface area is 117 Å². The van der Waals surface area contributed by atoms with Crippen LogP contribution in [0.15, 0.2) is 24.4 Å². The second-order valence-electron chi connectivity index (χ2n) is 4.02. The Balaban J connectivity index is 2.36. The second-order valence-corrected chi connectivity index (χ2v) is 4.02. The van der Waals surface area contributed by atoms with E-state index in [0.717, 1.165) is 0 Å². The molecule has 0 unspecified atom stereocenters. The van der Waals surface area contributed by atoms with Crippen LogP contribution in [-0.4, -0.2) is 29.3 Å². The monoisotopic (exact) mass is 276 g/mol. The van der Waals surface area contributed by atoms with Gasteiger partial charge in [0.1, 0.15) is 0 Å². The molecule has 0 atom stereocenters. The molecule has 2 aromatic rings. The molecule has 0 aliphatic carbocycles. The zero-order valence-electron chi connectivity index (χ0n) is 11.6. The number of aliphatic hydroxyl groups excluding tert-OH is 1. The number of benzene rings is 1. The Kier molecular flexibility index (Phi) is 4.37. The number of aromatic nitrogens is 2. The zero-order chi connectivity index (χ0) is 14.5. The molecule has 6 heteroatoms. The number of hydrogen-bond acceptors (Lipinski definition) is 6. The molecular weight excluding hydrogens is 260 g/mol. The van der Waals surface area contributed by atoms with Crippen LogP contribution in [0.4, 0.5) is 0 Å². The number of para-hydroxylation sites is 1. The normalized spacial score (nSPS) is 10.2. The topological polar surface area (TPSA) is 73.7 Å². The third kappa shape index (κ3) is 2.80. The van der Waals surface area contributed by atoms with Gasteiger partial charge in [0.15, 0.2) is 11.5 Å². The predicted molar refractivity (Wildman–Crippen MR) is 72.3 cm³/mol. The standard InChI is InChI=1S/C14H16N2O4/c1-9-10(8-17)7-15-14(16-9)20-13-11(18-2)5-4-6-12(13)19-3/h4-7,17H,8H2,1-3H3. The number of ether oxygens (including phenoxy) is 3. The molecule has 0 spiro atoms. The summed E-state index contributed by atoms with van der Waals surface area (Å²) in [7, 11) is 3.09. The smallest absolute Gasteiger partial charge is 0.322 e. The molecule has 0 bridgehead atoms. The molecule has 1 aromatic carbocycles. The fourth-order valence-corrected chi connectivity index (χ4v) is 1.68. The van der Waals surface area contributed by atoms with Crippen molar-refractivity contribution >= 4 is 0 Å². The van der Waals surface area contributed by atoms with Crippen LogP contribution in [-0.2, 0) is 6.61 Å². The summed E-state index contributed by atoms with van der Waals surface area (Å²) in [5, 5.41) is 9.10. The molecule has 0 aliphatic rings. The van der Waals surface area contributed by atoms with Crippen LogP contribution in [0.3, 0.4) is 0 Å².